The number of hydrogen-bond donors (Lipinski definition) is 1. The zero-order chi connectivity index (χ0) is 12.3. The Kier molecular flexibility index (Phi) is 3.23. The summed E-state index contributed by atoms with van der Waals surface area (Å²) in [6.07, 6.45) is 1.60. The summed E-state index contributed by atoms with van der Waals surface area (Å²) < 4.78 is 18.8. The van der Waals surface area contributed by atoms with Gasteiger partial charge in [0, 0.05) is 11.8 Å². The molecule has 0 unspecified atom stereocenters. The molecule has 0 aliphatic heterocycles. The SMILES string of the molecule is Cc1ccc(F)c(OCc2cccnc2N)c1. The fourth-order valence-electron chi connectivity index (χ4n) is 1.45. The van der Waals surface area contributed by atoms with Crippen LogP contribution in [0.4, 0.5) is 10.2 Å². The molecule has 0 amide bonds. The molecular formula is C13H13FN2O. The molecule has 2 N–H and O–H groups in total. The molecule has 17 heavy (non-hydrogen) atoms. The third-order valence-electron chi connectivity index (χ3n) is 2.40. The van der Waals surface area contributed by atoms with Crippen LogP contribution in [0.2, 0.25) is 0 Å². The summed E-state index contributed by atoms with van der Waals surface area (Å²) in [5, 5.41) is 0. The fraction of sp³-hybridized carbons (Fsp3) is 0.154. The maximum Gasteiger partial charge on any atom is 0.165 e. The lowest BCUT2D eigenvalue weighted by Crippen LogP contribution is -2.02. The highest BCUT2D eigenvalue weighted by Gasteiger charge is 2.05. The maximum absolute atomic E-state index is 13.4. The first-order chi connectivity index (χ1) is 8.16. The van der Waals surface area contributed by atoms with Crippen LogP contribution in [-0.4, -0.2) is 4.98 Å². The van der Waals surface area contributed by atoms with Gasteiger partial charge < -0.3 is 10.5 Å². The number of ether oxygens (including phenoxy) is 1. The Bertz CT molecular complexity index is 529. The minimum Gasteiger partial charge on any atom is -0.486 e. The van der Waals surface area contributed by atoms with E-state index >= 15 is 0 Å². The first kappa shape index (κ1) is 11.4. The summed E-state index contributed by atoms with van der Waals surface area (Å²) in [4.78, 5) is 3.94. The van der Waals surface area contributed by atoms with E-state index in [-0.39, 0.29) is 18.2 Å². The van der Waals surface area contributed by atoms with Crippen molar-refractivity contribution in [3.63, 3.8) is 0 Å². The van der Waals surface area contributed by atoms with Gasteiger partial charge in [0.15, 0.2) is 11.6 Å². The van der Waals surface area contributed by atoms with Gasteiger partial charge in [-0.25, -0.2) is 9.37 Å². The summed E-state index contributed by atoms with van der Waals surface area (Å²) >= 11 is 0. The fourth-order valence-corrected chi connectivity index (χ4v) is 1.45. The number of rotatable bonds is 3. The van der Waals surface area contributed by atoms with Crippen LogP contribution in [-0.2, 0) is 6.61 Å². The van der Waals surface area contributed by atoms with E-state index in [2.05, 4.69) is 4.98 Å². The van der Waals surface area contributed by atoms with Crippen LogP contribution in [0, 0.1) is 12.7 Å². The molecule has 0 spiro atoms. The van der Waals surface area contributed by atoms with Crippen LogP contribution in [0.1, 0.15) is 11.1 Å². The van der Waals surface area contributed by atoms with Gasteiger partial charge in [-0.15, -0.1) is 0 Å². The van der Waals surface area contributed by atoms with Gasteiger partial charge in [-0.2, -0.15) is 0 Å². The molecule has 0 atom stereocenters. The van der Waals surface area contributed by atoms with Crippen LogP contribution in [0.25, 0.3) is 0 Å². The number of halogens is 1. The monoisotopic (exact) mass is 232 g/mol. The molecular weight excluding hydrogens is 219 g/mol. The van der Waals surface area contributed by atoms with Crippen molar-refractivity contribution in [2.24, 2.45) is 0 Å². The van der Waals surface area contributed by atoms with Crippen molar-refractivity contribution in [2.45, 2.75) is 13.5 Å². The van der Waals surface area contributed by atoms with Gasteiger partial charge in [-0.3, -0.25) is 0 Å². The third-order valence-corrected chi connectivity index (χ3v) is 2.40. The first-order valence-electron chi connectivity index (χ1n) is 5.25. The normalized spacial score (nSPS) is 10.2. The Balaban J connectivity index is 2.12. The number of pyridine rings is 1. The average molecular weight is 232 g/mol. The number of benzene rings is 1. The second kappa shape index (κ2) is 4.82. The Hall–Kier alpha value is -2.10. The number of nitrogens with zero attached hydrogens (tertiary/aromatic N) is 1. The van der Waals surface area contributed by atoms with Crippen LogP contribution in [0.3, 0.4) is 0 Å². The molecule has 2 aromatic rings. The van der Waals surface area contributed by atoms with E-state index in [0.29, 0.717) is 5.82 Å². The summed E-state index contributed by atoms with van der Waals surface area (Å²) in [5.74, 6) is 0.256. The predicted molar refractivity (Wildman–Crippen MR) is 64.1 cm³/mol. The second-order valence-electron chi connectivity index (χ2n) is 3.77. The molecule has 0 saturated carbocycles. The molecule has 0 fully saturated rings. The van der Waals surface area contributed by atoms with Gasteiger partial charge in [0.2, 0.25) is 0 Å². The quantitative estimate of drug-likeness (QED) is 0.885. The predicted octanol–water partition coefficient (Wildman–Crippen LogP) is 2.69. The number of aromatic nitrogens is 1. The molecule has 1 aromatic carbocycles. The Morgan fingerprint density at radius 2 is 2.18 bits per heavy atom. The summed E-state index contributed by atoms with van der Waals surface area (Å²) in [6.45, 7) is 2.09. The molecule has 0 bridgehead atoms. The number of nitrogens with two attached hydrogens (primary N) is 1. The maximum atomic E-state index is 13.4. The number of anilines is 1. The summed E-state index contributed by atoms with van der Waals surface area (Å²) in [5.41, 5.74) is 7.36. The molecule has 0 radical (unpaired) electrons. The Labute approximate surface area is 99.1 Å². The molecule has 0 aliphatic rings. The molecule has 2 rings (SSSR count). The zero-order valence-corrected chi connectivity index (χ0v) is 9.48. The summed E-state index contributed by atoms with van der Waals surface area (Å²) in [7, 11) is 0. The Morgan fingerprint density at radius 3 is 2.94 bits per heavy atom. The minimum atomic E-state index is -0.377. The topological polar surface area (TPSA) is 48.1 Å². The van der Waals surface area contributed by atoms with Crippen molar-refractivity contribution in [1.29, 1.82) is 0 Å². The number of nitrogen functional groups attached to an aromatic ring is 1. The van der Waals surface area contributed by atoms with Gasteiger partial charge in [0.05, 0.1) is 0 Å². The van der Waals surface area contributed by atoms with E-state index in [0.717, 1.165) is 11.1 Å². The van der Waals surface area contributed by atoms with Crippen molar-refractivity contribution >= 4 is 5.82 Å². The van der Waals surface area contributed by atoms with Crippen LogP contribution in [0.5, 0.6) is 5.75 Å². The minimum absolute atomic E-state index is 0.208. The number of hydrogen-bond acceptors (Lipinski definition) is 3. The van der Waals surface area contributed by atoms with Gasteiger partial charge in [0.1, 0.15) is 12.4 Å². The van der Waals surface area contributed by atoms with Gasteiger partial charge in [0.25, 0.3) is 0 Å². The molecule has 0 aliphatic carbocycles. The zero-order valence-electron chi connectivity index (χ0n) is 9.48. The second-order valence-corrected chi connectivity index (χ2v) is 3.77. The molecule has 88 valence electrons. The lowest BCUT2D eigenvalue weighted by molar-refractivity contribution is 0.290. The van der Waals surface area contributed by atoms with E-state index in [1.165, 1.54) is 6.07 Å². The van der Waals surface area contributed by atoms with Gasteiger partial charge >= 0.3 is 0 Å². The standard InChI is InChI=1S/C13H13FN2O/c1-9-4-5-11(14)12(7-9)17-8-10-3-2-6-16-13(10)15/h2-7H,8H2,1H3,(H2,15,16). The average Bonchev–Trinajstić information content (AvgIpc) is 2.32. The van der Waals surface area contributed by atoms with E-state index < -0.39 is 0 Å². The molecule has 3 nitrogen and oxygen atoms in total. The van der Waals surface area contributed by atoms with Gasteiger partial charge in [-0.1, -0.05) is 12.1 Å². The lowest BCUT2D eigenvalue weighted by atomic mass is 10.2. The summed E-state index contributed by atoms with van der Waals surface area (Å²) in [6, 6.07) is 8.30. The van der Waals surface area contributed by atoms with Crippen molar-refractivity contribution in [3.05, 3.63) is 53.5 Å². The van der Waals surface area contributed by atoms with Gasteiger partial charge in [-0.05, 0) is 30.7 Å². The van der Waals surface area contributed by atoms with Crippen molar-refractivity contribution < 1.29 is 9.13 Å². The van der Waals surface area contributed by atoms with E-state index in [1.54, 1.807) is 30.5 Å². The molecule has 1 heterocycles. The largest absolute Gasteiger partial charge is 0.486 e. The first-order valence-corrected chi connectivity index (χ1v) is 5.25. The van der Waals surface area contributed by atoms with Crippen LogP contribution >= 0.6 is 0 Å². The smallest absolute Gasteiger partial charge is 0.165 e. The van der Waals surface area contributed by atoms with Crippen LogP contribution < -0.4 is 10.5 Å². The molecule has 4 heteroatoms. The van der Waals surface area contributed by atoms with E-state index in [1.807, 2.05) is 6.92 Å². The third kappa shape index (κ3) is 2.72. The van der Waals surface area contributed by atoms with E-state index in [4.69, 9.17) is 10.5 Å². The molecule has 0 saturated heterocycles. The van der Waals surface area contributed by atoms with E-state index in [9.17, 15) is 4.39 Å². The highest BCUT2D eigenvalue weighted by Crippen LogP contribution is 2.20. The van der Waals surface area contributed by atoms with Crippen molar-refractivity contribution in [1.82, 2.24) is 4.98 Å². The highest BCUT2D eigenvalue weighted by molar-refractivity contribution is 5.38. The van der Waals surface area contributed by atoms with Crippen molar-refractivity contribution in [3.8, 4) is 5.75 Å². The Morgan fingerprint density at radius 1 is 1.35 bits per heavy atom. The van der Waals surface area contributed by atoms with Crippen molar-refractivity contribution in [2.75, 3.05) is 5.73 Å². The highest BCUT2D eigenvalue weighted by atomic mass is 19.1. The lowest BCUT2D eigenvalue weighted by Gasteiger charge is -2.09. The number of aryl methyl sites for hydroxylation is 1. The van der Waals surface area contributed by atoms with Crippen LogP contribution in [0.15, 0.2) is 36.5 Å². The molecule has 1 aromatic heterocycles.